The topological polar surface area (TPSA) is 77.0 Å². The van der Waals surface area contributed by atoms with Crippen molar-refractivity contribution >= 4 is 0 Å². The lowest BCUT2D eigenvalue weighted by Crippen LogP contribution is -2.37. The lowest BCUT2D eigenvalue weighted by atomic mass is 9.95. The summed E-state index contributed by atoms with van der Waals surface area (Å²) >= 11 is 0. The lowest BCUT2D eigenvalue weighted by Gasteiger charge is -2.24. The summed E-state index contributed by atoms with van der Waals surface area (Å²) in [5.41, 5.74) is 4.83. The molecule has 1 rings (SSSR count). The Kier molecular flexibility index (Phi) is 4.44. The molecular formula is C11H22N4O. The Hall–Kier alpha value is -0.940. The second-order valence-corrected chi connectivity index (χ2v) is 4.31. The summed E-state index contributed by atoms with van der Waals surface area (Å²) in [7, 11) is 0. The maximum absolute atomic E-state index is 10.0. The molecule has 0 fully saturated rings. The van der Waals surface area contributed by atoms with Gasteiger partial charge < -0.3 is 10.8 Å². The fourth-order valence-corrected chi connectivity index (χ4v) is 1.75. The van der Waals surface area contributed by atoms with Crippen LogP contribution in [0.3, 0.4) is 0 Å². The summed E-state index contributed by atoms with van der Waals surface area (Å²) in [6, 6.07) is 0. The molecule has 16 heavy (non-hydrogen) atoms. The number of aromatic nitrogens is 3. The molecule has 1 unspecified atom stereocenters. The van der Waals surface area contributed by atoms with Gasteiger partial charge in [-0.1, -0.05) is 6.92 Å². The summed E-state index contributed by atoms with van der Waals surface area (Å²) < 4.78 is 1.88. The Balaban J connectivity index is 2.44. The van der Waals surface area contributed by atoms with Gasteiger partial charge in [-0.05, 0) is 33.1 Å². The van der Waals surface area contributed by atoms with E-state index in [1.165, 1.54) is 0 Å². The van der Waals surface area contributed by atoms with Gasteiger partial charge in [-0.2, -0.15) is 5.10 Å². The zero-order valence-corrected chi connectivity index (χ0v) is 10.4. The van der Waals surface area contributed by atoms with Gasteiger partial charge in [0.15, 0.2) is 0 Å². The number of nitrogens with two attached hydrogens (primary N) is 1. The summed E-state index contributed by atoms with van der Waals surface area (Å²) in [6.45, 7) is 6.88. The van der Waals surface area contributed by atoms with E-state index >= 15 is 0 Å². The predicted octanol–water partition coefficient (Wildman–Crippen LogP) is 0.775. The summed E-state index contributed by atoms with van der Waals surface area (Å²) in [5.74, 6) is 1.72. The van der Waals surface area contributed by atoms with E-state index in [9.17, 15) is 5.11 Å². The van der Waals surface area contributed by atoms with Crippen LogP contribution in [0, 0.1) is 13.8 Å². The normalized spacial score (nSPS) is 15.1. The van der Waals surface area contributed by atoms with E-state index in [0.717, 1.165) is 24.6 Å². The van der Waals surface area contributed by atoms with Gasteiger partial charge in [0.05, 0.1) is 5.60 Å². The van der Waals surface area contributed by atoms with Gasteiger partial charge in [0.1, 0.15) is 11.6 Å². The Morgan fingerprint density at radius 1 is 1.44 bits per heavy atom. The molecule has 0 aromatic carbocycles. The molecule has 5 heteroatoms. The van der Waals surface area contributed by atoms with Crippen LogP contribution in [0.25, 0.3) is 0 Å². The molecule has 1 heterocycles. The average Bonchev–Trinajstić information content (AvgIpc) is 2.57. The molecule has 3 N–H and O–H groups in total. The Morgan fingerprint density at radius 2 is 2.12 bits per heavy atom. The Labute approximate surface area is 96.7 Å². The van der Waals surface area contributed by atoms with Gasteiger partial charge in [-0.25, -0.2) is 4.98 Å². The van der Waals surface area contributed by atoms with Crippen molar-refractivity contribution < 1.29 is 5.11 Å². The lowest BCUT2D eigenvalue weighted by molar-refractivity contribution is 0.0330. The average molecular weight is 226 g/mol. The molecule has 0 aliphatic heterocycles. The van der Waals surface area contributed by atoms with Crippen molar-refractivity contribution in [3.8, 4) is 0 Å². The predicted molar refractivity (Wildman–Crippen MR) is 63.0 cm³/mol. The van der Waals surface area contributed by atoms with Crippen molar-refractivity contribution in [3.05, 3.63) is 11.6 Å². The van der Waals surface area contributed by atoms with Crippen LogP contribution in [-0.2, 0) is 6.54 Å². The van der Waals surface area contributed by atoms with Gasteiger partial charge in [0.25, 0.3) is 0 Å². The van der Waals surface area contributed by atoms with Crippen LogP contribution in [0.5, 0.6) is 0 Å². The highest BCUT2D eigenvalue weighted by Crippen LogP contribution is 2.16. The Bertz CT molecular complexity index is 331. The molecule has 1 aromatic heterocycles. The quantitative estimate of drug-likeness (QED) is 0.751. The molecule has 0 radical (unpaired) electrons. The van der Waals surface area contributed by atoms with Crippen LogP contribution in [0.4, 0.5) is 0 Å². The minimum absolute atomic E-state index is 0.318. The maximum Gasteiger partial charge on any atom is 0.147 e. The van der Waals surface area contributed by atoms with Crippen LogP contribution in [0.15, 0.2) is 0 Å². The van der Waals surface area contributed by atoms with Gasteiger partial charge in [-0.15, -0.1) is 0 Å². The molecule has 92 valence electrons. The molecule has 5 nitrogen and oxygen atoms in total. The van der Waals surface area contributed by atoms with E-state index in [1.807, 2.05) is 25.5 Å². The number of nitrogens with zero attached hydrogens (tertiary/aromatic N) is 3. The van der Waals surface area contributed by atoms with E-state index < -0.39 is 5.60 Å². The molecular weight excluding hydrogens is 204 g/mol. The number of hydrogen-bond donors (Lipinski definition) is 2. The summed E-state index contributed by atoms with van der Waals surface area (Å²) in [6.07, 6.45) is 2.27. The molecule has 0 spiro atoms. The first-order valence-corrected chi connectivity index (χ1v) is 5.81. The second-order valence-electron chi connectivity index (χ2n) is 4.31. The molecule has 1 atom stereocenters. The highest BCUT2D eigenvalue weighted by atomic mass is 16.3. The van der Waals surface area contributed by atoms with Crippen molar-refractivity contribution in [3.63, 3.8) is 0 Å². The fraction of sp³-hybridized carbons (Fsp3) is 0.818. The van der Waals surface area contributed by atoms with Crippen LogP contribution in [0.1, 0.15) is 37.8 Å². The third-order valence-electron chi connectivity index (χ3n) is 3.01. The number of aryl methyl sites for hydroxylation is 3. The van der Waals surface area contributed by atoms with Crippen molar-refractivity contribution in [2.75, 3.05) is 6.54 Å². The summed E-state index contributed by atoms with van der Waals surface area (Å²) in [5, 5.41) is 14.3. The van der Waals surface area contributed by atoms with E-state index in [2.05, 4.69) is 10.1 Å². The van der Waals surface area contributed by atoms with Crippen LogP contribution >= 0.6 is 0 Å². The number of hydrogen-bond acceptors (Lipinski definition) is 4. The molecule has 0 aliphatic carbocycles. The van der Waals surface area contributed by atoms with E-state index in [-0.39, 0.29) is 0 Å². The van der Waals surface area contributed by atoms with Gasteiger partial charge in [0, 0.05) is 13.1 Å². The fourth-order valence-electron chi connectivity index (χ4n) is 1.75. The van der Waals surface area contributed by atoms with Gasteiger partial charge >= 0.3 is 0 Å². The van der Waals surface area contributed by atoms with Crippen LogP contribution in [-0.4, -0.2) is 32.0 Å². The highest BCUT2D eigenvalue weighted by Gasteiger charge is 2.21. The first kappa shape index (κ1) is 13.1. The van der Waals surface area contributed by atoms with Crippen molar-refractivity contribution in [2.45, 2.75) is 52.2 Å². The first-order chi connectivity index (χ1) is 7.50. The van der Waals surface area contributed by atoms with E-state index in [1.54, 1.807) is 0 Å². The van der Waals surface area contributed by atoms with E-state index in [4.69, 9.17) is 5.73 Å². The minimum atomic E-state index is -0.719. The number of aliphatic hydroxyl groups is 1. The van der Waals surface area contributed by atoms with Gasteiger partial charge in [0.2, 0.25) is 0 Å². The molecule has 0 aliphatic rings. The monoisotopic (exact) mass is 226 g/mol. The largest absolute Gasteiger partial charge is 0.389 e. The maximum atomic E-state index is 10.0. The minimum Gasteiger partial charge on any atom is -0.389 e. The molecule has 1 aromatic rings. The first-order valence-electron chi connectivity index (χ1n) is 5.81. The van der Waals surface area contributed by atoms with Crippen molar-refractivity contribution in [1.82, 2.24) is 14.8 Å². The zero-order chi connectivity index (χ0) is 12.2. The zero-order valence-electron chi connectivity index (χ0n) is 10.4. The summed E-state index contributed by atoms with van der Waals surface area (Å²) in [4.78, 5) is 4.23. The standard InChI is InChI=1S/C11H22N4O/c1-4-11(16,8-12)6-5-7-15-10(3)13-9(2)14-15/h16H,4-8,12H2,1-3H3. The van der Waals surface area contributed by atoms with Crippen molar-refractivity contribution in [1.29, 1.82) is 0 Å². The third-order valence-corrected chi connectivity index (χ3v) is 3.01. The molecule has 0 bridgehead atoms. The SMILES string of the molecule is CCC(O)(CN)CCCn1nc(C)nc1C. The van der Waals surface area contributed by atoms with Crippen LogP contribution < -0.4 is 5.73 Å². The third kappa shape index (κ3) is 3.28. The molecule has 0 saturated heterocycles. The molecule has 0 saturated carbocycles. The second kappa shape index (κ2) is 5.41. The Morgan fingerprint density at radius 3 is 2.56 bits per heavy atom. The van der Waals surface area contributed by atoms with E-state index in [0.29, 0.717) is 19.4 Å². The van der Waals surface area contributed by atoms with Crippen LogP contribution in [0.2, 0.25) is 0 Å². The highest BCUT2D eigenvalue weighted by molar-refractivity contribution is 4.87. The molecule has 0 amide bonds. The smallest absolute Gasteiger partial charge is 0.147 e. The van der Waals surface area contributed by atoms with Crippen molar-refractivity contribution in [2.24, 2.45) is 5.73 Å². The van der Waals surface area contributed by atoms with Gasteiger partial charge in [-0.3, -0.25) is 4.68 Å². The number of rotatable bonds is 6.